The number of nitrogens with zero attached hydrogens (tertiary/aromatic N) is 3. The number of H-pyrrole nitrogens is 1. The number of alkyl halides is 3. The Bertz CT molecular complexity index is 959. The molecule has 4 rings (SSSR count). The fourth-order valence-electron chi connectivity index (χ4n) is 3.39. The number of rotatable bonds is 4. The van der Waals surface area contributed by atoms with Crippen LogP contribution in [0.4, 0.5) is 19.0 Å². The third kappa shape index (κ3) is 3.59. The first kappa shape index (κ1) is 17.7. The highest BCUT2D eigenvalue weighted by Gasteiger charge is 2.36. The van der Waals surface area contributed by atoms with E-state index >= 15 is 0 Å². The Kier molecular flexibility index (Phi) is 4.47. The second-order valence-corrected chi connectivity index (χ2v) is 6.66. The number of halogens is 3. The van der Waals surface area contributed by atoms with Crippen LogP contribution >= 0.6 is 0 Å². The molecule has 0 bridgehead atoms. The summed E-state index contributed by atoms with van der Waals surface area (Å²) in [5.41, 5.74) is 1.35. The fourth-order valence-corrected chi connectivity index (χ4v) is 3.39. The topological polar surface area (TPSA) is 78.5 Å². The zero-order valence-corrected chi connectivity index (χ0v) is 14.7. The van der Waals surface area contributed by atoms with Gasteiger partial charge in [0.15, 0.2) is 11.5 Å². The minimum Gasteiger partial charge on any atom is -0.362 e. The third-order valence-electron chi connectivity index (χ3n) is 4.66. The molecule has 1 fully saturated rings. The molecule has 3 N–H and O–H groups in total. The third-order valence-corrected chi connectivity index (χ3v) is 4.66. The molecule has 4 heterocycles. The van der Waals surface area contributed by atoms with Crippen molar-refractivity contribution in [1.29, 1.82) is 0 Å². The second-order valence-electron chi connectivity index (χ2n) is 6.66. The lowest BCUT2D eigenvalue weighted by Crippen LogP contribution is -2.16. The molecule has 0 aliphatic carbocycles. The van der Waals surface area contributed by atoms with Crippen LogP contribution in [0.3, 0.4) is 0 Å². The Morgan fingerprint density at radius 3 is 2.81 bits per heavy atom. The molecule has 0 radical (unpaired) electrons. The van der Waals surface area contributed by atoms with Gasteiger partial charge in [-0.3, -0.25) is 10.1 Å². The Hall–Kier alpha value is -2.68. The summed E-state index contributed by atoms with van der Waals surface area (Å²) in [6.45, 7) is 2.91. The molecule has 0 aromatic carbocycles. The zero-order valence-electron chi connectivity index (χ0n) is 14.7. The number of hydrogen-bond acceptors (Lipinski definition) is 5. The lowest BCUT2D eigenvalue weighted by atomic mass is 10.1. The Balaban J connectivity index is 1.71. The van der Waals surface area contributed by atoms with Crippen LogP contribution in [0.25, 0.3) is 11.0 Å². The minimum absolute atomic E-state index is 0.0445. The highest BCUT2D eigenvalue weighted by Crippen LogP contribution is 2.39. The summed E-state index contributed by atoms with van der Waals surface area (Å²) in [5.74, 6) is 0.124. The number of aromatic amines is 1. The number of fused-ring (bicyclic) bond motifs is 1. The normalized spacial score (nSPS) is 17.6. The molecular weight excluding hydrogens is 357 g/mol. The molecule has 142 valence electrons. The minimum atomic E-state index is -4.50. The number of pyridine rings is 2. The molecule has 1 aliphatic heterocycles. The average Bonchev–Trinajstić information content (AvgIpc) is 3.28. The Morgan fingerprint density at radius 2 is 2.11 bits per heavy atom. The molecule has 27 heavy (non-hydrogen) atoms. The monoisotopic (exact) mass is 376 g/mol. The van der Waals surface area contributed by atoms with Gasteiger partial charge in [0.05, 0.1) is 28.9 Å². The maximum absolute atomic E-state index is 13.7. The van der Waals surface area contributed by atoms with E-state index in [1.807, 2.05) is 25.1 Å². The molecule has 1 saturated heterocycles. The van der Waals surface area contributed by atoms with E-state index in [-0.39, 0.29) is 29.4 Å². The van der Waals surface area contributed by atoms with Gasteiger partial charge in [0.25, 0.3) is 0 Å². The van der Waals surface area contributed by atoms with Crippen molar-refractivity contribution < 1.29 is 13.2 Å². The molecule has 0 spiro atoms. The Labute approximate surface area is 153 Å². The predicted octanol–water partition coefficient (Wildman–Crippen LogP) is 3.72. The van der Waals surface area contributed by atoms with Crippen LogP contribution in [0, 0.1) is 6.92 Å². The summed E-state index contributed by atoms with van der Waals surface area (Å²) >= 11 is 0. The lowest BCUT2D eigenvalue weighted by Gasteiger charge is -2.15. The quantitative estimate of drug-likeness (QED) is 0.647. The van der Waals surface area contributed by atoms with Crippen LogP contribution in [-0.2, 0) is 12.7 Å². The zero-order chi connectivity index (χ0) is 19.0. The van der Waals surface area contributed by atoms with Crippen LogP contribution in [-0.4, -0.2) is 26.7 Å². The highest BCUT2D eigenvalue weighted by atomic mass is 19.4. The van der Waals surface area contributed by atoms with E-state index in [0.717, 1.165) is 36.8 Å². The van der Waals surface area contributed by atoms with Crippen LogP contribution in [0.5, 0.6) is 0 Å². The molecule has 1 atom stereocenters. The maximum Gasteiger partial charge on any atom is 0.417 e. The van der Waals surface area contributed by atoms with Crippen molar-refractivity contribution in [3.05, 3.63) is 46.9 Å². The number of anilines is 1. The van der Waals surface area contributed by atoms with E-state index < -0.39 is 11.7 Å². The van der Waals surface area contributed by atoms with Crippen molar-refractivity contribution in [2.75, 3.05) is 11.9 Å². The van der Waals surface area contributed by atoms with E-state index in [9.17, 15) is 13.2 Å². The van der Waals surface area contributed by atoms with E-state index in [0.29, 0.717) is 5.69 Å². The number of aromatic nitrogens is 4. The fraction of sp³-hybridized carbons (Fsp3) is 0.389. The summed E-state index contributed by atoms with van der Waals surface area (Å²) < 4.78 is 41.2. The van der Waals surface area contributed by atoms with Crippen molar-refractivity contribution in [2.24, 2.45) is 0 Å². The van der Waals surface area contributed by atoms with Crippen molar-refractivity contribution in [1.82, 2.24) is 25.5 Å². The van der Waals surface area contributed by atoms with Gasteiger partial charge in [-0.1, -0.05) is 6.07 Å². The summed E-state index contributed by atoms with van der Waals surface area (Å²) in [5, 5.41) is 12.8. The highest BCUT2D eigenvalue weighted by molar-refractivity contribution is 5.91. The van der Waals surface area contributed by atoms with Crippen LogP contribution in [0.1, 0.15) is 41.5 Å². The maximum atomic E-state index is 13.7. The van der Waals surface area contributed by atoms with Crippen molar-refractivity contribution >= 4 is 16.9 Å². The van der Waals surface area contributed by atoms with Crippen molar-refractivity contribution in [2.45, 2.75) is 38.5 Å². The molecule has 3 aromatic rings. The van der Waals surface area contributed by atoms with Gasteiger partial charge in [-0.15, -0.1) is 0 Å². The van der Waals surface area contributed by atoms with Gasteiger partial charge in [-0.25, -0.2) is 4.98 Å². The van der Waals surface area contributed by atoms with Gasteiger partial charge in [0.2, 0.25) is 0 Å². The molecule has 1 unspecified atom stereocenters. The standard InChI is InChI=1S/C18H19F3N6/c1-10-4-2-5-11(24-10)9-23-16-15-12(18(19,20)21)8-14(13-6-3-7-22-13)25-17(15)27-26-16/h2,4-5,8,13,22H,3,6-7,9H2,1H3,(H2,23,25,26,27). The van der Waals surface area contributed by atoms with Crippen molar-refractivity contribution in [3.63, 3.8) is 0 Å². The van der Waals surface area contributed by atoms with Gasteiger partial charge < -0.3 is 10.6 Å². The molecule has 6 nitrogen and oxygen atoms in total. The molecule has 1 aliphatic rings. The SMILES string of the molecule is Cc1cccc(CNc2n[nH]c3nc(C4CCCN4)cc(C(F)(F)F)c23)n1. The second kappa shape index (κ2) is 6.80. The smallest absolute Gasteiger partial charge is 0.362 e. The number of aryl methyl sites for hydroxylation is 1. The van der Waals surface area contributed by atoms with Crippen LogP contribution in [0.15, 0.2) is 24.3 Å². The van der Waals surface area contributed by atoms with E-state index in [2.05, 4.69) is 30.8 Å². The first-order valence-corrected chi connectivity index (χ1v) is 8.78. The number of nitrogens with one attached hydrogen (secondary N) is 3. The summed E-state index contributed by atoms with van der Waals surface area (Å²) in [6.07, 6.45) is -2.81. The van der Waals surface area contributed by atoms with Gasteiger partial charge in [0, 0.05) is 11.7 Å². The average molecular weight is 376 g/mol. The van der Waals surface area contributed by atoms with Crippen LogP contribution < -0.4 is 10.6 Å². The van der Waals surface area contributed by atoms with Gasteiger partial charge >= 0.3 is 6.18 Å². The lowest BCUT2D eigenvalue weighted by molar-refractivity contribution is -0.136. The summed E-state index contributed by atoms with van der Waals surface area (Å²) in [4.78, 5) is 8.73. The van der Waals surface area contributed by atoms with Crippen LogP contribution in [0.2, 0.25) is 0 Å². The molecular formula is C18H19F3N6. The van der Waals surface area contributed by atoms with E-state index in [1.165, 1.54) is 0 Å². The van der Waals surface area contributed by atoms with Gasteiger partial charge in [-0.05, 0) is 44.5 Å². The van der Waals surface area contributed by atoms with E-state index in [4.69, 9.17) is 0 Å². The largest absolute Gasteiger partial charge is 0.417 e. The van der Waals surface area contributed by atoms with E-state index in [1.54, 1.807) is 0 Å². The Morgan fingerprint density at radius 1 is 1.26 bits per heavy atom. The summed E-state index contributed by atoms with van der Waals surface area (Å²) in [6, 6.07) is 6.49. The molecule has 3 aromatic heterocycles. The van der Waals surface area contributed by atoms with Gasteiger partial charge in [0.1, 0.15) is 0 Å². The number of hydrogen-bond donors (Lipinski definition) is 3. The van der Waals surface area contributed by atoms with Gasteiger partial charge in [-0.2, -0.15) is 18.3 Å². The first-order valence-electron chi connectivity index (χ1n) is 8.78. The molecule has 0 amide bonds. The summed E-state index contributed by atoms with van der Waals surface area (Å²) in [7, 11) is 0. The molecule has 0 saturated carbocycles. The first-order chi connectivity index (χ1) is 12.9. The molecule has 9 heteroatoms. The van der Waals surface area contributed by atoms with Crippen molar-refractivity contribution in [3.8, 4) is 0 Å². The predicted molar refractivity (Wildman–Crippen MR) is 95.2 cm³/mol.